The van der Waals surface area contributed by atoms with Crippen LogP contribution in [-0.2, 0) is 19.1 Å². The Bertz CT molecular complexity index is 483. The van der Waals surface area contributed by atoms with Gasteiger partial charge < -0.3 is 14.9 Å². The van der Waals surface area contributed by atoms with Gasteiger partial charge in [-0.25, -0.2) is 9.59 Å². The van der Waals surface area contributed by atoms with Crippen LogP contribution in [0.1, 0.15) is 58.8 Å². The quantitative estimate of drug-likeness (QED) is 0.553. The summed E-state index contributed by atoms with van der Waals surface area (Å²) in [4.78, 5) is 35.9. The Labute approximate surface area is 130 Å². The number of hydrogen-bond acceptors (Lipinski definition) is 4. The predicted molar refractivity (Wildman–Crippen MR) is 79.3 cm³/mol. The molecule has 1 saturated carbocycles. The van der Waals surface area contributed by atoms with Gasteiger partial charge >= 0.3 is 17.9 Å². The lowest BCUT2D eigenvalue weighted by Crippen LogP contribution is -2.62. The molecule has 22 heavy (non-hydrogen) atoms. The second-order valence-corrected chi connectivity index (χ2v) is 6.00. The Morgan fingerprint density at radius 3 is 2.18 bits per heavy atom. The molecule has 2 atom stereocenters. The highest BCUT2D eigenvalue weighted by Crippen LogP contribution is 2.51. The van der Waals surface area contributed by atoms with Gasteiger partial charge in [0.1, 0.15) is 5.41 Å². The Balaban J connectivity index is 3.38. The Hall–Kier alpha value is -1.85. The van der Waals surface area contributed by atoms with E-state index in [2.05, 4.69) is 6.58 Å². The fourth-order valence-corrected chi connectivity index (χ4v) is 3.18. The summed E-state index contributed by atoms with van der Waals surface area (Å²) in [6.45, 7) is 6.77. The van der Waals surface area contributed by atoms with Gasteiger partial charge in [-0.15, -0.1) is 0 Å². The molecule has 0 aromatic rings. The summed E-state index contributed by atoms with van der Waals surface area (Å²) in [5.74, 6) is -3.45. The molecule has 124 valence electrons. The third kappa shape index (κ3) is 3.00. The Morgan fingerprint density at radius 2 is 1.73 bits per heavy atom. The molecule has 1 rings (SSSR count). The van der Waals surface area contributed by atoms with Gasteiger partial charge in [-0.05, 0) is 32.6 Å². The average Bonchev–Trinajstić information content (AvgIpc) is 2.45. The van der Waals surface area contributed by atoms with Crippen LogP contribution in [0.15, 0.2) is 12.2 Å². The van der Waals surface area contributed by atoms with Crippen LogP contribution in [-0.4, -0.2) is 33.7 Å². The van der Waals surface area contributed by atoms with E-state index in [4.69, 9.17) is 4.74 Å². The molecule has 0 heterocycles. The predicted octanol–water partition coefficient (Wildman–Crippen LogP) is 2.76. The van der Waals surface area contributed by atoms with E-state index in [0.717, 1.165) is 6.42 Å². The van der Waals surface area contributed by atoms with Gasteiger partial charge in [-0.1, -0.05) is 32.8 Å². The fourth-order valence-electron chi connectivity index (χ4n) is 3.18. The third-order valence-electron chi connectivity index (χ3n) is 4.48. The molecule has 1 aliphatic carbocycles. The van der Waals surface area contributed by atoms with Gasteiger partial charge in [0.15, 0.2) is 0 Å². The van der Waals surface area contributed by atoms with Gasteiger partial charge in [0.2, 0.25) is 5.60 Å². The molecular formula is C16H24O6. The lowest BCUT2D eigenvalue weighted by molar-refractivity contribution is -0.210. The van der Waals surface area contributed by atoms with Crippen molar-refractivity contribution in [2.45, 2.75) is 64.4 Å². The van der Waals surface area contributed by atoms with Crippen molar-refractivity contribution >= 4 is 17.9 Å². The summed E-state index contributed by atoms with van der Waals surface area (Å²) < 4.78 is 5.26. The SMILES string of the molecule is C=C(C)C(=O)OC1(C(=O)O)CCCCC1(CCCC)C(=O)O. The van der Waals surface area contributed by atoms with E-state index in [1.165, 1.54) is 6.92 Å². The maximum atomic E-state index is 12.0. The van der Waals surface area contributed by atoms with Crippen LogP contribution in [0, 0.1) is 5.41 Å². The van der Waals surface area contributed by atoms with Crippen molar-refractivity contribution in [1.29, 1.82) is 0 Å². The highest BCUT2D eigenvalue weighted by atomic mass is 16.6. The molecular weight excluding hydrogens is 288 g/mol. The number of esters is 1. The normalized spacial score (nSPS) is 27.9. The summed E-state index contributed by atoms with van der Waals surface area (Å²) >= 11 is 0. The van der Waals surface area contributed by atoms with Crippen LogP contribution in [0.2, 0.25) is 0 Å². The number of unbranched alkanes of at least 4 members (excludes halogenated alkanes) is 1. The maximum Gasteiger partial charge on any atom is 0.349 e. The number of ether oxygens (including phenoxy) is 1. The molecule has 0 aliphatic heterocycles. The molecule has 0 saturated heterocycles. The highest BCUT2D eigenvalue weighted by Gasteiger charge is 2.65. The smallest absolute Gasteiger partial charge is 0.349 e. The third-order valence-corrected chi connectivity index (χ3v) is 4.48. The first-order valence-corrected chi connectivity index (χ1v) is 7.59. The van der Waals surface area contributed by atoms with E-state index < -0.39 is 28.9 Å². The number of carboxylic acids is 2. The monoisotopic (exact) mass is 312 g/mol. The molecule has 1 aliphatic rings. The molecule has 1 fully saturated rings. The topological polar surface area (TPSA) is 101 Å². The van der Waals surface area contributed by atoms with E-state index in [1.807, 2.05) is 6.92 Å². The van der Waals surface area contributed by atoms with E-state index >= 15 is 0 Å². The van der Waals surface area contributed by atoms with E-state index in [0.29, 0.717) is 19.3 Å². The van der Waals surface area contributed by atoms with Crippen molar-refractivity contribution in [2.75, 3.05) is 0 Å². The molecule has 6 heteroatoms. The summed E-state index contributed by atoms with van der Waals surface area (Å²) in [6, 6.07) is 0. The minimum atomic E-state index is -2.03. The number of carboxylic acid groups (broad SMARTS) is 2. The summed E-state index contributed by atoms with van der Waals surface area (Å²) in [6.07, 6.45) is 2.79. The molecule has 0 aromatic heterocycles. The van der Waals surface area contributed by atoms with Gasteiger partial charge in [-0.2, -0.15) is 0 Å². The zero-order chi connectivity index (χ0) is 17.0. The lowest BCUT2D eigenvalue weighted by atomic mass is 9.60. The molecule has 0 spiro atoms. The zero-order valence-corrected chi connectivity index (χ0v) is 13.2. The largest absolute Gasteiger partial charge is 0.481 e. The maximum absolute atomic E-state index is 12.0. The zero-order valence-electron chi connectivity index (χ0n) is 13.2. The number of aliphatic carboxylic acids is 2. The van der Waals surface area contributed by atoms with Crippen LogP contribution in [0.25, 0.3) is 0 Å². The second-order valence-electron chi connectivity index (χ2n) is 6.00. The van der Waals surface area contributed by atoms with E-state index in [-0.39, 0.29) is 24.8 Å². The van der Waals surface area contributed by atoms with Crippen molar-refractivity contribution < 1.29 is 29.3 Å². The molecule has 0 bridgehead atoms. The first-order valence-electron chi connectivity index (χ1n) is 7.59. The minimum absolute atomic E-state index is 0.0113. The number of rotatable bonds is 7. The fraction of sp³-hybridized carbons (Fsp3) is 0.688. The van der Waals surface area contributed by atoms with Crippen LogP contribution in [0.3, 0.4) is 0 Å². The van der Waals surface area contributed by atoms with E-state index in [1.54, 1.807) is 0 Å². The van der Waals surface area contributed by atoms with Crippen molar-refractivity contribution in [2.24, 2.45) is 5.41 Å². The molecule has 0 amide bonds. The van der Waals surface area contributed by atoms with Crippen molar-refractivity contribution in [3.8, 4) is 0 Å². The van der Waals surface area contributed by atoms with Crippen LogP contribution in [0.5, 0.6) is 0 Å². The Morgan fingerprint density at radius 1 is 1.14 bits per heavy atom. The van der Waals surface area contributed by atoms with Gasteiger partial charge in [0.25, 0.3) is 0 Å². The molecule has 2 unspecified atom stereocenters. The summed E-state index contributed by atoms with van der Waals surface area (Å²) in [5.41, 5.74) is -3.55. The average molecular weight is 312 g/mol. The first kappa shape index (κ1) is 18.2. The number of carbonyl (C=O) groups is 3. The van der Waals surface area contributed by atoms with Crippen LogP contribution >= 0.6 is 0 Å². The van der Waals surface area contributed by atoms with E-state index in [9.17, 15) is 24.6 Å². The van der Waals surface area contributed by atoms with Gasteiger partial charge in [0, 0.05) is 5.57 Å². The Kier molecular flexibility index (Phi) is 5.74. The lowest BCUT2D eigenvalue weighted by Gasteiger charge is -2.47. The van der Waals surface area contributed by atoms with Crippen molar-refractivity contribution in [3.63, 3.8) is 0 Å². The highest BCUT2D eigenvalue weighted by molar-refractivity contribution is 5.94. The number of hydrogen-bond donors (Lipinski definition) is 2. The van der Waals surface area contributed by atoms with Crippen molar-refractivity contribution in [3.05, 3.63) is 12.2 Å². The summed E-state index contributed by atoms with van der Waals surface area (Å²) in [5, 5.41) is 19.5. The molecule has 0 aromatic carbocycles. The molecule has 6 nitrogen and oxygen atoms in total. The first-order chi connectivity index (χ1) is 10.2. The minimum Gasteiger partial charge on any atom is -0.481 e. The second kappa shape index (κ2) is 6.94. The van der Waals surface area contributed by atoms with Crippen LogP contribution in [0.4, 0.5) is 0 Å². The summed E-state index contributed by atoms with van der Waals surface area (Å²) in [7, 11) is 0. The molecule has 0 radical (unpaired) electrons. The van der Waals surface area contributed by atoms with Gasteiger partial charge in [0.05, 0.1) is 0 Å². The number of carbonyl (C=O) groups excluding carboxylic acids is 1. The van der Waals surface area contributed by atoms with Crippen molar-refractivity contribution in [1.82, 2.24) is 0 Å². The van der Waals surface area contributed by atoms with Crippen LogP contribution < -0.4 is 0 Å². The van der Waals surface area contributed by atoms with Gasteiger partial charge in [-0.3, -0.25) is 4.79 Å². The molecule has 2 N–H and O–H groups in total. The standard InChI is InChI=1S/C16H24O6/c1-4-5-8-15(13(18)19)9-6-7-10-16(15,14(20)21)22-12(17)11(2)3/h2,4-10H2,1,3H3,(H,18,19)(H,20,21).